The van der Waals surface area contributed by atoms with Gasteiger partial charge < -0.3 is 9.30 Å². The van der Waals surface area contributed by atoms with Crippen LogP contribution in [0.3, 0.4) is 0 Å². The molecule has 0 spiro atoms. The fourth-order valence-corrected chi connectivity index (χ4v) is 3.98. The molecule has 3 aromatic heterocycles. The molecule has 7 nitrogen and oxygen atoms in total. The highest BCUT2D eigenvalue weighted by Crippen LogP contribution is 2.22. The number of rotatable bonds is 10. The van der Waals surface area contributed by atoms with Crippen molar-refractivity contribution in [3.8, 4) is 5.75 Å². The number of benzene rings is 1. The van der Waals surface area contributed by atoms with Gasteiger partial charge in [0, 0.05) is 62.8 Å². The minimum atomic E-state index is 0.665. The van der Waals surface area contributed by atoms with Gasteiger partial charge >= 0.3 is 0 Å². The maximum Gasteiger partial charge on any atom is 0.157 e. The average molecular weight is 419 g/mol. The van der Waals surface area contributed by atoms with Crippen molar-refractivity contribution in [1.29, 1.82) is 0 Å². The number of aromatic nitrogens is 5. The molecule has 0 fully saturated rings. The molecule has 0 aliphatic carbocycles. The van der Waals surface area contributed by atoms with E-state index in [1.807, 2.05) is 56.6 Å². The Balaban J connectivity index is 1.53. The molecule has 0 aliphatic heterocycles. The van der Waals surface area contributed by atoms with Crippen molar-refractivity contribution in [1.82, 2.24) is 29.2 Å². The third kappa shape index (κ3) is 5.11. The summed E-state index contributed by atoms with van der Waals surface area (Å²) in [6, 6.07) is 10.5. The Morgan fingerprint density at radius 1 is 1.16 bits per heavy atom. The van der Waals surface area contributed by atoms with Crippen LogP contribution in [-0.2, 0) is 26.7 Å². The second-order valence-corrected chi connectivity index (χ2v) is 7.83. The van der Waals surface area contributed by atoms with Crippen molar-refractivity contribution in [3.63, 3.8) is 0 Å². The van der Waals surface area contributed by atoms with Crippen molar-refractivity contribution in [2.75, 3.05) is 13.2 Å². The molecule has 0 N–H and O–H groups in total. The molecule has 4 rings (SSSR count). The minimum absolute atomic E-state index is 0.665. The predicted molar refractivity (Wildman–Crippen MR) is 122 cm³/mol. The van der Waals surface area contributed by atoms with Gasteiger partial charge in [-0.15, -0.1) is 0 Å². The van der Waals surface area contributed by atoms with E-state index in [2.05, 4.69) is 48.8 Å². The molecule has 0 bridgehead atoms. The molecular weight excluding hydrogens is 388 g/mol. The smallest absolute Gasteiger partial charge is 0.157 e. The van der Waals surface area contributed by atoms with Crippen LogP contribution in [0.5, 0.6) is 5.75 Å². The first-order valence-electron chi connectivity index (χ1n) is 10.8. The van der Waals surface area contributed by atoms with Crippen LogP contribution in [-0.4, -0.2) is 42.4 Å². The fraction of sp³-hybridized carbons (Fsp3) is 0.375. The molecule has 0 saturated carbocycles. The van der Waals surface area contributed by atoms with E-state index in [0.717, 1.165) is 55.1 Å². The molecule has 0 unspecified atom stereocenters. The van der Waals surface area contributed by atoms with Gasteiger partial charge in [0.05, 0.1) is 18.6 Å². The average Bonchev–Trinajstić information content (AvgIpc) is 3.37. The van der Waals surface area contributed by atoms with E-state index < -0.39 is 0 Å². The first-order valence-corrected chi connectivity index (χ1v) is 10.8. The van der Waals surface area contributed by atoms with Gasteiger partial charge in [0.2, 0.25) is 0 Å². The predicted octanol–water partition coefficient (Wildman–Crippen LogP) is 3.96. The Bertz CT molecular complexity index is 1120. The molecule has 4 aromatic rings. The Morgan fingerprint density at radius 2 is 2.03 bits per heavy atom. The van der Waals surface area contributed by atoms with E-state index in [-0.39, 0.29) is 0 Å². The summed E-state index contributed by atoms with van der Waals surface area (Å²) in [6.07, 6.45) is 8.72. The zero-order valence-electron chi connectivity index (χ0n) is 18.5. The monoisotopic (exact) mass is 418 g/mol. The van der Waals surface area contributed by atoms with Crippen LogP contribution in [0.1, 0.15) is 30.2 Å². The quantitative estimate of drug-likeness (QED) is 0.390. The van der Waals surface area contributed by atoms with E-state index in [0.29, 0.717) is 6.61 Å². The maximum atomic E-state index is 5.87. The van der Waals surface area contributed by atoms with Gasteiger partial charge in [-0.2, -0.15) is 5.10 Å². The number of para-hydroxylation sites is 1. The molecular formula is C24H30N6O. The number of pyridine rings is 1. The van der Waals surface area contributed by atoms with Crippen LogP contribution in [0.15, 0.2) is 55.2 Å². The first kappa shape index (κ1) is 21.1. The number of imidazole rings is 1. The number of aryl methyl sites for hydroxylation is 3. The van der Waals surface area contributed by atoms with Crippen LogP contribution in [0.25, 0.3) is 11.0 Å². The molecule has 0 radical (unpaired) electrons. The molecule has 0 amide bonds. The van der Waals surface area contributed by atoms with Crippen molar-refractivity contribution >= 4 is 11.0 Å². The van der Waals surface area contributed by atoms with E-state index in [1.54, 1.807) is 0 Å². The molecule has 0 aliphatic rings. The number of hydrogen-bond donors (Lipinski definition) is 0. The highest BCUT2D eigenvalue weighted by atomic mass is 16.5. The number of ether oxygens (including phenoxy) is 1. The number of nitrogens with zero attached hydrogens (tertiary/aromatic N) is 6. The number of hydrogen-bond acceptors (Lipinski definition) is 5. The van der Waals surface area contributed by atoms with Crippen molar-refractivity contribution < 1.29 is 4.74 Å². The van der Waals surface area contributed by atoms with Crippen LogP contribution in [0.2, 0.25) is 0 Å². The third-order valence-electron chi connectivity index (χ3n) is 5.44. The van der Waals surface area contributed by atoms with Gasteiger partial charge in [-0.25, -0.2) is 9.97 Å². The van der Waals surface area contributed by atoms with Gasteiger partial charge in [-0.3, -0.25) is 9.58 Å². The lowest BCUT2D eigenvalue weighted by Gasteiger charge is -2.24. The van der Waals surface area contributed by atoms with Crippen molar-refractivity contribution in [3.05, 3.63) is 72.1 Å². The highest BCUT2D eigenvalue weighted by molar-refractivity contribution is 5.78. The highest BCUT2D eigenvalue weighted by Gasteiger charge is 2.13. The molecule has 162 valence electrons. The summed E-state index contributed by atoms with van der Waals surface area (Å²) in [5.74, 6) is 0.960. The summed E-state index contributed by atoms with van der Waals surface area (Å²) in [7, 11) is 1.94. The first-order chi connectivity index (χ1) is 15.1. The Kier molecular flexibility index (Phi) is 6.62. The summed E-state index contributed by atoms with van der Waals surface area (Å²) >= 11 is 0. The SMILES string of the molecule is CCOc1ccccc1CN(CCCn1ccnc1)Cc1cnc2c(c1)c(C)nn2C. The van der Waals surface area contributed by atoms with Crippen molar-refractivity contribution in [2.45, 2.75) is 39.9 Å². The minimum Gasteiger partial charge on any atom is -0.494 e. The van der Waals surface area contributed by atoms with E-state index in [4.69, 9.17) is 4.74 Å². The normalized spacial score (nSPS) is 11.5. The van der Waals surface area contributed by atoms with Gasteiger partial charge in [-0.1, -0.05) is 18.2 Å². The van der Waals surface area contributed by atoms with E-state index in [9.17, 15) is 0 Å². The summed E-state index contributed by atoms with van der Waals surface area (Å²) in [5, 5.41) is 5.62. The molecule has 0 saturated heterocycles. The summed E-state index contributed by atoms with van der Waals surface area (Å²) in [5.41, 5.74) is 4.34. The topological polar surface area (TPSA) is 61.0 Å². The summed E-state index contributed by atoms with van der Waals surface area (Å²) in [4.78, 5) is 11.3. The number of fused-ring (bicyclic) bond motifs is 1. The molecule has 0 atom stereocenters. The fourth-order valence-electron chi connectivity index (χ4n) is 3.98. The Hall–Kier alpha value is -3.19. The Labute approximate surface area is 183 Å². The molecule has 7 heteroatoms. The van der Waals surface area contributed by atoms with Crippen molar-refractivity contribution in [2.24, 2.45) is 7.05 Å². The Morgan fingerprint density at radius 3 is 2.84 bits per heavy atom. The maximum absolute atomic E-state index is 5.87. The van der Waals surface area contributed by atoms with E-state index in [1.165, 1.54) is 11.1 Å². The standard InChI is InChI=1S/C24H30N6O/c1-4-31-23-9-6-5-8-21(23)17-30(12-7-11-29-13-10-25-18-29)16-20-14-22-19(2)27-28(3)24(22)26-15-20/h5-6,8-10,13-15,18H,4,7,11-12,16-17H2,1-3H3. The van der Waals surface area contributed by atoms with Crippen LogP contribution >= 0.6 is 0 Å². The lowest BCUT2D eigenvalue weighted by atomic mass is 10.1. The lowest BCUT2D eigenvalue weighted by Crippen LogP contribution is -2.25. The molecule has 31 heavy (non-hydrogen) atoms. The molecule has 1 aromatic carbocycles. The van der Waals surface area contributed by atoms with Gasteiger partial charge in [0.15, 0.2) is 5.65 Å². The van der Waals surface area contributed by atoms with Crippen LogP contribution in [0, 0.1) is 6.92 Å². The van der Waals surface area contributed by atoms with Gasteiger partial charge in [-0.05, 0) is 38.0 Å². The lowest BCUT2D eigenvalue weighted by molar-refractivity contribution is 0.242. The summed E-state index contributed by atoms with van der Waals surface area (Å²) < 4.78 is 9.83. The van der Waals surface area contributed by atoms with Crippen LogP contribution < -0.4 is 4.74 Å². The largest absolute Gasteiger partial charge is 0.494 e. The van der Waals surface area contributed by atoms with Crippen LogP contribution in [0.4, 0.5) is 0 Å². The molecule has 3 heterocycles. The van der Waals surface area contributed by atoms with Gasteiger partial charge in [0.1, 0.15) is 5.75 Å². The summed E-state index contributed by atoms with van der Waals surface area (Å²) in [6.45, 7) is 8.28. The van der Waals surface area contributed by atoms with Gasteiger partial charge in [0.25, 0.3) is 0 Å². The zero-order valence-corrected chi connectivity index (χ0v) is 18.5. The second kappa shape index (κ2) is 9.75. The third-order valence-corrected chi connectivity index (χ3v) is 5.44. The zero-order chi connectivity index (χ0) is 21.6. The van der Waals surface area contributed by atoms with E-state index >= 15 is 0 Å². The second-order valence-electron chi connectivity index (χ2n) is 7.83.